The average Bonchev–Trinajstić information content (AvgIpc) is 2.77. The fourth-order valence-electron chi connectivity index (χ4n) is 3.12. The van der Waals surface area contributed by atoms with Crippen LogP contribution in [0, 0.1) is 5.41 Å². The van der Waals surface area contributed by atoms with Crippen molar-refractivity contribution in [2.24, 2.45) is 5.41 Å². The molecule has 0 aromatic heterocycles. The minimum absolute atomic E-state index is 0.0299. The quantitative estimate of drug-likeness (QED) is 0.200. The third kappa shape index (κ3) is 4.99. The van der Waals surface area contributed by atoms with Crippen molar-refractivity contribution in [2.45, 2.75) is 24.8 Å². The molecule has 0 saturated heterocycles. The van der Waals surface area contributed by atoms with Crippen LogP contribution >= 0.6 is 22.6 Å². The largest absolute Gasteiger partial charge is 0.505 e. The van der Waals surface area contributed by atoms with E-state index >= 15 is 0 Å². The Kier molecular flexibility index (Phi) is 7.29. The van der Waals surface area contributed by atoms with Crippen LogP contribution in [0.25, 0.3) is 5.76 Å². The Bertz CT molecular complexity index is 1040. The molecule has 0 spiro atoms. The highest BCUT2D eigenvalue weighted by Gasteiger charge is 2.37. The number of benzene rings is 2. The molecule has 2 aromatic carbocycles. The predicted molar refractivity (Wildman–Crippen MR) is 126 cm³/mol. The van der Waals surface area contributed by atoms with Crippen molar-refractivity contribution in [1.29, 1.82) is 0 Å². The van der Waals surface area contributed by atoms with Gasteiger partial charge in [0.2, 0.25) is 0 Å². The van der Waals surface area contributed by atoms with E-state index in [1.54, 1.807) is 39.0 Å². The van der Waals surface area contributed by atoms with Crippen molar-refractivity contribution < 1.29 is 29.4 Å². The number of aliphatic hydroxyl groups is 1. The lowest BCUT2D eigenvalue weighted by Gasteiger charge is -2.32. The molecule has 1 unspecified atom stereocenters. The molecule has 3 rings (SSSR count). The molecule has 1 heterocycles. The number of carbonyl (C=O) groups is 2. The number of ether oxygens (including phenoxy) is 2. The van der Waals surface area contributed by atoms with Gasteiger partial charge in [0, 0.05) is 17.7 Å². The molecule has 0 radical (unpaired) electrons. The molecule has 0 bridgehead atoms. The zero-order valence-corrected chi connectivity index (χ0v) is 20.1. The first-order chi connectivity index (χ1) is 15.2. The number of halogens is 1. The lowest BCUT2D eigenvalue weighted by Crippen LogP contribution is -2.43. The number of esters is 1. The van der Waals surface area contributed by atoms with Gasteiger partial charge in [-0.05, 0) is 51.1 Å². The number of amides is 1. The first-order valence-electron chi connectivity index (χ1n) is 10.0. The van der Waals surface area contributed by atoms with Crippen molar-refractivity contribution in [2.75, 3.05) is 13.2 Å². The SMILES string of the molecule is CCOC(=O)C(C)(C)CNC(=O)C1=C(O)c2ccc(Oc3ccccc3)cc2C(I)N1O. The van der Waals surface area contributed by atoms with E-state index in [0.29, 0.717) is 27.7 Å². The monoisotopic (exact) mass is 552 g/mol. The number of hydrogen-bond acceptors (Lipinski definition) is 7. The molecule has 0 aliphatic carbocycles. The van der Waals surface area contributed by atoms with E-state index in [1.807, 2.05) is 52.9 Å². The second-order valence-corrected chi connectivity index (χ2v) is 9.01. The first kappa shape index (κ1) is 23.9. The van der Waals surface area contributed by atoms with E-state index in [0.717, 1.165) is 0 Å². The van der Waals surface area contributed by atoms with Gasteiger partial charge in [-0.3, -0.25) is 14.8 Å². The third-order valence-corrected chi connectivity index (χ3v) is 6.11. The lowest BCUT2D eigenvalue weighted by atomic mass is 9.93. The van der Waals surface area contributed by atoms with Crippen molar-refractivity contribution >= 4 is 40.2 Å². The van der Waals surface area contributed by atoms with Crippen molar-refractivity contribution in [1.82, 2.24) is 10.4 Å². The third-order valence-electron chi connectivity index (χ3n) is 4.92. The molecule has 1 atom stereocenters. The molecule has 1 aliphatic heterocycles. The maximum atomic E-state index is 12.8. The minimum atomic E-state index is -0.970. The highest BCUT2D eigenvalue weighted by Crippen LogP contribution is 2.42. The maximum Gasteiger partial charge on any atom is 0.313 e. The molecule has 32 heavy (non-hydrogen) atoms. The molecule has 1 aliphatic rings. The molecule has 9 heteroatoms. The van der Waals surface area contributed by atoms with Crippen LogP contribution in [0.3, 0.4) is 0 Å². The smallest absolute Gasteiger partial charge is 0.313 e. The number of hydrogen-bond donors (Lipinski definition) is 3. The fourth-order valence-corrected chi connectivity index (χ4v) is 3.91. The van der Waals surface area contributed by atoms with Gasteiger partial charge in [0.25, 0.3) is 5.91 Å². The molecule has 8 nitrogen and oxygen atoms in total. The Labute approximate surface area is 199 Å². The minimum Gasteiger partial charge on any atom is -0.505 e. The van der Waals surface area contributed by atoms with Crippen LogP contribution in [0.4, 0.5) is 0 Å². The number of para-hydroxylation sites is 1. The molecule has 0 fully saturated rings. The summed E-state index contributed by atoms with van der Waals surface area (Å²) in [6, 6.07) is 14.2. The fraction of sp³-hybridized carbons (Fsp3) is 0.304. The van der Waals surface area contributed by atoms with Crippen LogP contribution in [-0.4, -0.2) is 40.4 Å². The molecule has 0 saturated carbocycles. The van der Waals surface area contributed by atoms with E-state index in [2.05, 4.69) is 5.32 Å². The molecular formula is C23H25IN2O6. The topological polar surface area (TPSA) is 108 Å². The molecule has 2 aromatic rings. The van der Waals surface area contributed by atoms with Crippen LogP contribution < -0.4 is 10.1 Å². The van der Waals surface area contributed by atoms with Crippen molar-refractivity contribution in [3.63, 3.8) is 0 Å². The maximum absolute atomic E-state index is 12.8. The summed E-state index contributed by atoms with van der Waals surface area (Å²) < 4.78 is 10.2. The van der Waals surface area contributed by atoms with Crippen molar-refractivity contribution in [3.8, 4) is 11.5 Å². The standard InChI is InChI=1S/C23H25IN2O6/c1-4-31-22(29)23(2,3)13-25-21(28)18-19(27)16-11-10-15(12-17(16)20(24)26(18)30)32-14-8-6-5-7-9-14/h5-12,20,27,30H,4,13H2,1-3H3,(H,25,28). The summed E-state index contributed by atoms with van der Waals surface area (Å²) in [5.74, 6) is -0.349. The summed E-state index contributed by atoms with van der Waals surface area (Å²) in [7, 11) is 0. The zero-order valence-electron chi connectivity index (χ0n) is 18.0. The Morgan fingerprint density at radius 1 is 1.16 bits per heavy atom. The van der Waals surface area contributed by atoms with Gasteiger partial charge in [-0.15, -0.1) is 0 Å². The number of rotatable bonds is 7. The highest BCUT2D eigenvalue weighted by atomic mass is 127. The van der Waals surface area contributed by atoms with E-state index in [1.165, 1.54) is 0 Å². The molecule has 3 N–H and O–H groups in total. The summed E-state index contributed by atoms with van der Waals surface area (Å²) in [5.41, 5.74) is -0.275. The van der Waals surface area contributed by atoms with Crippen LogP contribution in [0.1, 0.15) is 35.9 Å². The van der Waals surface area contributed by atoms with Gasteiger partial charge in [-0.25, -0.2) is 5.06 Å². The van der Waals surface area contributed by atoms with Crippen LogP contribution in [0.2, 0.25) is 0 Å². The summed E-state index contributed by atoms with van der Waals surface area (Å²) in [4.78, 5) is 24.9. The number of hydroxylamine groups is 2. The molecule has 170 valence electrons. The lowest BCUT2D eigenvalue weighted by molar-refractivity contribution is -0.153. The first-order valence-corrected chi connectivity index (χ1v) is 11.3. The number of nitrogens with one attached hydrogen (secondary N) is 1. The number of carbonyl (C=O) groups excluding carboxylic acids is 2. The Balaban J connectivity index is 1.83. The van der Waals surface area contributed by atoms with Crippen LogP contribution in [-0.2, 0) is 14.3 Å². The second-order valence-electron chi connectivity index (χ2n) is 7.83. The zero-order chi connectivity index (χ0) is 23.5. The van der Waals surface area contributed by atoms with Gasteiger partial charge in [-0.2, -0.15) is 0 Å². The number of fused-ring (bicyclic) bond motifs is 1. The Morgan fingerprint density at radius 3 is 2.50 bits per heavy atom. The summed E-state index contributed by atoms with van der Waals surface area (Å²) >= 11 is 1.97. The van der Waals surface area contributed by atoms with Gasteiger partial charge in [0.05, 0.1) is 12.0 Å². The van der Waals surface area contributed by atoms with Gasteiger partial charge in [0.1, 0.15) is 15.5 Å². The summed E-state index contributed by atoms with van der Waals surface area (Å²) in [6.07, 6.45) is 0. The van der Waals surface area contributed by atoms with Gasteiger partial charge in [0.15, 0.2) is 11.5 Å². The van der Waals surface area contributed by atoms with Crippen molar-refractivity contribution in [3.05, 3.63) is 65.4 Å². The number of nitrogens with zero attached hydrogens (tertiary/aromatic N) is 1. The van der Waals surface area contributed by atoms with Gasteiger partial charge < -0.3 is 19.9 Å². The van der Waals surface area contributed by atoms with E-state index in [9.17, 15) is 19.9 Å². The van der Waals surface area contributed by atoms with E-state index in [-0.39, 0.29) is 24.6 Å². The summed E-state index contributed by atoms with van der Waals surface area (Å²) in [5, 5.41) is 24.7. The Hall–Kier alpha value is -2.79. The predicted octanol–water partition coefficient (Wildman–Crippen LogP) is 4.55. The molecular weight excluding hydrogens is 527 g/mol. The second kappa shape index (κ2) is 9.78. The summed E-state index contributed by atoms with van der Waals surface area (Å²) in [6.45, 7) is 5.19. The van der Waals surface area contributed by atoms with E-state index in [4.69, 9.17) is 9.47 Å². The van der Waals surface area contributed by atoms with Crippen LogP contribution in [0.5, 0.6) is 11.5 Å². The normalized spacial score (nSPS) is 15.8. The highest BCUT2D eigenvalue weighted by molar-refractivity contribution is 14.1. The average molecular weight is 552 g/mol. The Morgan fingerprint density at radius 2 is 1.84 bits per heavy atom. The van der Waals surface area contributed by atoms with Gasteiger partial charge >= 0.3 is 5.97 Å². The van der Waals surface area contributed by atoms with Gasteiger partial charge in [-0.1, -0.05) is 40.8 Å². The van der Waals surface area contributed by atoms with E-state index < -0.39 is 21.3 Å². The van der Waals surface area contributed by atoms with Crippen LogP contribution in [0.15, 0.2) is 54.2 Å². The molecule has 1 amide bonds. The number of aliphatic hydroxyl groups excluding tert-OH is 1. The number of alkyl halides is 1.